The molecule has 0 aliphatic heterocycles. The highest BCUT2D eigenvalue weighted by atomic mass is 32.1. The zero-order chi connectivity index (χ0) is 14.7. The van der Waals surface area contributed by atoms with Crippen LogP contribution in [0.25, 0.3) is 11.4 Å². The Morgan fingerprint density at radius 2 is 2.19 bits per heavy atom. The van der Waals surface area contributed by atoms with E-state index in [0.717, 1.165) is 11.1 Å². The molecule has 0 radical (unpaired) electrons. The number of H-pyrrole nitrogens is 1. The van der Waals surface area contributed by atoms with Gasteiger partial charge in [0.05, 0.1) is 6.21 Å². The third kappa shape index (κ3) is 2.95. The topological polar surface area (TPSA) is 58.9 Å². The second-order valence-corrected chi connectivity index (χ2v) is 4.95. The Labute approximate surface area is 127 Å². The van der Waals surface area contributed by atoms with Crippen LogP contribution in [0.2, 0.25) is 0 Å². The van der Waals surface area contributed by atoms with E-state index in [0.29, 0.717) is 10.6 Å². The van der Waals surface area contributed by atoms with E-state index in [4.69, 9.17) is 12.2 Å². The lowest BCUT2D eigenvalue weighted by Gasteiger charge is -2.00. The van der Waals surface area contributed by atoms with Gasteiger partial charge in [0.2, 0.25) is 4.77 Å². The molecule has 0 bridgehead atoms. The summed E-state index contributed by atoms with van der Waals surface area (Å²) in [5, 5.41) is 11.4. The van der Waals surface area contributed by atoms with Crippen molar-refractivity contribution in [2.75, 3.05) is 0 Å². The molecule has 1 N–H and O–H groups in total. The zero-order valence-corrected chi connectivity index (χ0v) is 12.2. The molecule has 0 fully saturated rings. The average molecular weight is 295 g/mol. The molecule has 0 unspecified atom stereocenters. The molecule has 5 nitrogen and oxygen atoms in total. The average Bonchev–Trinajstić information content (AvgIpc) is 2.87. The van der Waals surface area contributed by atoms with Crippen LogP contribution < -0.4 is 0 Å². The second kappa shape index (κ2) is 5.80. The van der Waals surface area contributed by atoms with Crippen LogP contribution in [0.5, 0.6) is 0 Å². The van der Waals surface area contributed by atoms with Gasteiger partial charge in [-0.05, 0) is 36.8 Å². The van der Waals surface area contributed by atoms with Crippen LogP contribution in [-0.4, -0.2) is 26.1 Å². The molecule has 6 heteroatoms. The first kappa shape index (κ1) is 13.4. The van der Waals surface area contributed by atoms with Gasteiger partial charge in [0.25, 0.3) is 0 Å². The minimum atomic E-state index is 0.442. The van der Waals surface area contributed by atoms with Crippen molar-refractivity contribution in [2.24, 2.45) is 5.10 Å². The summed E-state index contributed by atoms with van der Waals surface area (Å²) in [5.74, 6) is 0.636. The second-order valence-electron chi connectivity index (χ2n) is 4.56. The molecule has 0 atom stereocenters. The number of rotatable bonds is 3. The van der Waals surface area contributed by atoms with E-state index in [1.807, 2.05) is 37.3 Å². The van der Waals surface area contributed by atoms with Crippen LogP contribution >= 0.6 is 12.2 Å². The lowest BCUT2D eigenvalue weighted by molar-refractivity contribution is 0.871. The van der Waals surface area contributed by atoms with Crippen LogP contribution in [0.4, 0.5) is 0 Å². The fourth-order valence-electron chi connectivity index (χ4n) is 1.96. The molecule has 2 heterocycles. The van der Waals surface area contributed by atoms with Crippen LogP contribution in [0.3, 0.4) is 0 Å². The predicted molar refractivity (Wildman–Crippen MR) is 84.8 cm³/mol. The lowest BCUT2D eigenvalue weighted by Crippen LogP contribution is -1.95. The number of hydrogen-bond acceptors (Lipinski definition) is 4. The first-order chi connectivity index (χ1) is 10.2. The molecule has 0 amide bonds. The Balaban J connectivity index is 2.00. The Morgan fingerprint density at radius 1 is 1.29 bits per heavy atom. The summed E-state index contributed by atoms with van der Waals surface area (Å²) in [6, 6.07) is 11.8. The molecule has 2 aromatic heterocycles. The van der Waals surface area contributed by atoms with Crippen molar-refractivity contribution in [2.45, 2.75) is 6.92 Å². The Morgan fingerprint density at radius 3 is 2.95 bits per heavy atom. The van der Waals surface area contributed by atoms with Crippen molar-refractivity contribution in [3.8, 4) is 11.4 Å². The Hall–Kier alpha value is -2.60. The van der Waals surface area contributed by atoms with Crippen molar-refractivity contribution in [1.29, 1.82) is 0 Å². The van der Waals surface area contributed by atoms with Gasteiger partial charge in [0, 0.05) is 18.0 Å². The first-order valence-corrected chi connectivity index (χ1v) is 6.84. The molecule has 104 valence electrons. The molecule has 3 aromatic rings. The molecule has 1 aromatic carbocycles. The van der Waals surface area contributed by atoms with E-state index >= 15 is 0 Å². The zero-order valence-electron chi connectivity index (χ0n) is 11.4. The van der Waals surface area contributed by atoms with Crippen LogP contribution in [-0.2, 0) is 0 Å². The van der Waals surface area contributed by atoms with Crippen molar-refractivity contribution in [3.05, 3.63) is 64.7 Å². The maximum absolute atomic E-state index is 5.22. The molecule has 0 aliphatic carbocycles. The molecular formula is C15H13N5S. The van der Waals surface area contributed by atoms with Gasteiger partial charge >= 0.3 is 0 Å². The monoisotopic (exact) mass is 295 g/mol. The van der Waals surface area contributed by atoms with Crippen LogP contribution in [0, 0.1) is 11.7 Å². The third-order valence-corrected chi connectivity index (χ3v) is 3.20. The van der Waals surface area contributed by atoms with E-state index in [1.165, 1.54) is 5.56 Å². The maximum Gasteiger partial charge on any atom is 0.216 e. The van der Waals surface area contributed by atoms with Crippen molar-refractivity contribution < 1.29 is 0 Å². The van der Waals surface area contributed by atoms with Gasteiger partial charge in [-0.2, -0.15) is 14.9 Å². The van der Waals surface area contributed by atoms with E-state index in [-0.39, 0.29) is 0 Å². The number of nitrogens with one attached hydrogen (secondary N) is 1. The smallest absolute Gasteiger partial charge is 0.216 e. The number of aromatic amines is 1. The minimum Gasteiger partial charge on any atom is -0.264 e. The lowest BCUT2D eigenvalue weighted by atomic mass is 10.2. The molecule has 0 saturated carbocycles. The van der Waals surface area contributed by atoms with Crippen LogP contribution in [0.15, 0.2) is 53.9 Å². The standard InChI is InChI=1S/C15H13N5S/c1-11-4-2-5-12(8-11)9-17-20-14(18-19-15(20)21)13-6-3-7-16-10-13/h2-10H,1H3,(H,19,21)/b17-9+. The first-order valence-electron chi connectivity index (χ1n) is 6.43. The summed E-state index contributed by atoms with van der Waals surface area (Å²) in [6.07, 6.45) is 5.20. The van der Waals surface area contributed by atoms with Gasteiger partial charge in [0.15, 0.2) is 5.82 Å². The third-order valence-electron chi connectivity index (χ3n) is 2.93. The summed E-state index contributed by atoms with van der Waals surface area (Å²) in [6.45, 7) is 2.04. The minimum absolute atomic E-state index is 0.442. The maximum atomic E-state index is 5.22. The molecule has 3 rings (SSSR count). The number of aromatic nitrogens is 4. The van der Waals surface area contributed by atoms with E-state index in [2.05, 4.69) is 26.3 Å². The summed E-state index contributed by atoms with van der Waals surface area (Å²) >= 11 is 5.22. The largest absolute Gasteiger partial charge is 0.264 e. The number of aryl methyl sites for hydroxylation is 1. The highest BCUT2D eigenvalue weighted by molar-refractivity contribution is 7.71. The molecule has 0 spiro atoms. The van der Waals surface area contributed by atoms with Gasteiger partial charge in [-0.25, -0.2) is 5.10 Å². The van der Waals surface area contributed by atoms with Gasteiger partial charge < -0.3 is 0 Å². The van der Waals surface area contributed by atoms with Crippen molar-refractivity contribution >= 4 is 18.4 Å². The SMILES string of the molecule is Cc1cccc(/C=N/n2c(-c3cccnc3)n[nH]c2=S)c1. The van der Waals surface area contributed by atoms with Gasteiger partial charge in [-0.1, -0.05) is 29.8 Å². The van der Waals surface area contributed by atoms with Crippen molar-refractivity contribution in [1.82, 2.24) is 19.9 Å². The molecule has 0 saturated heterocycles. The summed E-state index contributed by atoms with van der Waals surface area (Å²) in [5.41, 5.74) is 3.05. The number of pyridine rings is 1. The number of nitrogens with zero attached hydrogens (tertiary/aromatic N) is 4. The summed E-state index contributed by atoms with van der Waals surface area (Å²) < 4.78 is 2.03. The van der Waals surface area contributed by atoms with Gasteiger partial charge in [0.1, 0.15) is 0 Å². The number of hydrogen-bond donors (Lipinski definition) is 1. The fraction of sp³-hybridized carbons (Fsp3) is 0.0667. The predicted octanol–water partition coefficient (Wildman–Crippen LogP) is 3.19. The van der Waals surface area contributed by atoms with Crippen LogP contribution in [0.1, 0.15) is 11.1 Å². The van der Waals surface area contributed by atoms with Crippen molar-refractivity contribution in [3.63, 3.8) is 0 Å². The Kier molecular flexibility index (Phi) is 3.70. The summed E-state index contributed by atoms with van der Waals surface area (Å²) in [4.78, 5) is 4.09. The Bertz CT molecular complexity index is 833. The highest BCUT2D eigenvalue weighted by Gasteiger charge is 2.07. The van der Waals surface area contributed by atoms with E-state index < -0.39 is 0 Å². The molecular weight excluding hydrogens is 282 g/mol. The normalized spacial score (nSPS) is 11.1. The quantitative estimate of drug-likeness (QED) is 0.596. The van der Waals surface area contributed by atoms with Gasteiger partial charge in [-0.15, -0.1) is 0 Å². The molecule has 21 heavy (non-hydrogen) atoms. The fourth-order valence-corrected chi connectivity index (χ4v) is 2.13. The van der Waals surface area contributed by atoms with E-state index in [1.54, 1.807) is 23.3 Å². The summed E-state index contributed by atoms with van der Waals surface area (Å²) in [7, 11) is 0. The number of benzene rings is 1. The van der Waals surface area contributed by atoms with E-state index in [9.17, 15) is 0 Å². The van der Waals surface area contributed by atoms with Gasteiger partial charge in [-0.3, -0.25) is 4.98 Å². The molecule has 0 aliphatic rings. The highest BCUT2D eigenvalue weighted by Crippen LogP contribution is 2.15.